The molecule has 0 aliphatic heterocycles. The van der Waals surface area contributed by atoms with Crippen molar-refractivity contribution >= 4 is 23.9 Å². The van der Waals surface area contributed by atoms with Crippen molar-refractivity contribution in [3.05, 3.63) is 107 Å². The van der Waals surface area contributed by atoms with Crippen molar-refractivity contribution < 1.29 is 60.0 Å². The topological polar surface area (TPSA) is 230 Å². The molecular formula is C30H34O12. The molecule has 0 saturated heterocycles. The zero-order chi connectivity index (χ0) is 32.5. The summed E-state index contributed by atoms with van der Waals surface area (Å²) < 4.78 is 0. The zero-order valence-corrected chi connectivity index (χ0v) is 23.1. The van der Waals surface area contributed by atoms with Crippen LogP contribution >= 0.6 is 0 Å². The molecule has 3 aromatic carbocycles. The van der Waals surface area contributed by atoms with E-state index in [9.17, 15) is 29.4 Å². The number of benzene rings is 3. The van der Waals surface area contributed by atoms with Crippen molar-refractivity contribution in [2.45, 2.75) is 32.3 Å². The summed E-state index contributed by atoms with van der Waals surface area (Å²) in [7, 11) is 0. The van der Waals surface area contributed by atoms with Crippen molar-refractivity contribution in [2.24, 2.45) is 0 Å². The summed E-state index contributed by atoms with van der Waals surface area (Å²) in [4.78, 5) is 39.8. The summed E-state index contributed by atoms with van der Waals surface area (Å²) in [6.45, 7) is 5.62. The Labute approximate surface area is 241 Å². The van der Waals surface area contributed by atoms with Crippen molar-refractivity contribution in [1.82, 2.24) is 0 Å². The normalized spacial score (nSPS) is 10.9. The van der Waals surface area contributed by atoms with Crippen molar-refractivity contribution in [3.8, 4) is 11.5 Å². The number of aromatic carboxylic acids is 2. The van der Waals surface area contributed by atoms with Gasteiger partial charge in [-0.1, -0.05) is 38.1 Å². The molecule has 0 fully saturated rings. The van der Waals surface area contributed by atoms with Gasteiger partial charge in [0.05, 0.1) is 23.8 Å². The SMILES string of the molecule is CC(C)(c1ccc(O)cc1)c1ccc(O)cc1.CC(O)CO.O=C(O)/C=C/C(=O)O.O=C(O)c1ccc(C(=O)O)cc1. The molecule has 8 N–H and O–H groups in total. The molecule has 0 radical (unpaired) electrons. The molecule has 42 heavy (non-hydrogen) atoms. The number of hydrogen-bond acceptors (Lipinski definition) is 8. The van der Waals surface area contributed by atoms with Crippen LogP contribution in [0.25, 0.3) is 0 Å². The van der Waals surface area contributed by atoms with E-state index >= 15 is 0 Å². The van der Waals surface area contributed by atoms with Crippen LogP contribution in [0, 0.1) is 0 Å². The second-order valence-corrected chi connectivity index (χ2v) is 8.95. The molecule has 0 aliphatic carbocycles. The van der Waals surface area contributed by atoms with E-state index in [1.165, 1.54) is 31.2 Å². The molecule has 0 aromatic heterocycles. The van der Waals surface area contributed by atoms with E-state index in [4.69, 9.17) is 30.6 Å². The molecule has 1 atom stereocenters. The fraction of sp³-hybridized carbons (Fsp3) is 0.200. The van der Waals surface area contributed by atoms with Crippen LogP contribution in [-0.4, -0.2) is 77.4 Å². The molecule has 3 aromatic rings. The Hall–Kier alpha value is -5.20. The van der Waals surface area contributed by atoms with Gasteiger partial charge in [-0.3, -0.25) is 0 Å². The van der Waals surface area contributed by atoms with Gasteiger partial charge in [-0.2, -0.15) is 0 Å². The first-order valence-corrected chi connectivity index (χ1v) is 12.1. The number of phenolic OH excluding ortho intramolecular Hbond substituents is 2. The number of aliphatic hydroxyl groups is 2. The maximum atomic E-state index is 10.3. The zero-order valence-electron chi connectivity index (χ0n) is 23.1. The fourth-order valence-corrected chi connectivity index (χ4v) is 2.82. The number of aliphatic hydroxyl groups excluding tert-OH is 2. The lowest BCUT2D eigenvalue weighted by atomic mass is 9.78. The number of aromatic hydroxyl groups is 2. The predicted octanol–water partition coefficient (Wildman–Crippen LogP) is 3.58. The third-order valence-electron chi connectivity index (χ3n) is 5.19. The largest absolute Gasteiger partial charge is 0.508 e. The Morgan fingerprint density at radius 1 is 0.643 bits per heavy atom. The molecule has 3 rings (SSSR count). The van der Waals surface area contributed by atoms with Gasteiger partial charge in [0.2, 0.25) is 0 Å². The van der Waals surface area contributed by atoms with Crippen LogP contribution in [-0.2, 0) is 15.0 Å². The van der Waals surface area contributed by atoms with Crippen LogP contribution in [0.5, 0.6) is 11.5 Å². The first-order valence-electron chi connectivity index (χ1n) is 12.1. The Bertz CT molecular complexity index is 1210. The summed E-state index contributed by atoms with van der Waals surface area (Å²) in [5.74, 6) is -4.09. The lowest BCUT2D eigenvalue weighted by Gasteiger charge is -2.26. The highest BCUT2D eigenvalue weighted by molar-refractivity contribution is 5.91. The molecule has 226 valence electrons. The van der Waals surface area contributed by atoms with E-state index in [0.29, 0.717) is 12.2 Å². The van der Waals surface area contributed by atoms with Crippen molar-refractivity contribution in [3.63, 3.8) is 0 Å². The van der Waals surface area contributed by atoms with Gasteiger partial charge in [0, 0.05) is 17.6 Å². The van der Waals surface area contributed by atoms with E-state index < -0.39 is 30.0 Å². The second kappa shape index (κ2) is 18.2. The van der Waals surface area contributed by atoms with Gasteiger partial charge in [-0.05, 0) is 66.6 Å². The highest BCUT2D eigenvalue weighted by Gasteiger charge is 2.22. The number of carboxylic acids is 4. The van der Waals surface area contributed by atoms with Gasteiger partial charge < -0.3 is 40.9 Å². The van der Waals surface area contributed by atoms with Gasteiger partial charge in [0.15, 0.2) is 0 Å². The molecule has 12 nitrogen and oxygen atoms in total. The van der Waals surface area contributed by atoms with Crippen LogP contribution in [0.3, 0.4) is 0 Å². The Morgan fingerprint density at radius 3 is 1.10 bits per heavy atom. The van der Waals surface area contributed by atoms with Gasteiger partial charge in [0.1, 0.15) is 11.5 Å². The number of carboxylic acid groups (broad SMARTS) is 4. The molecule has 1 unspecified atom stereocenters. The van der Waals surface area contributed by atoms with Crippen LogP contribution in [0.15, 0.2) is 84.9 Å². The third kappa shape index (κ3) is 14.8. The van der Waals surface area contributed by atoms with E-state index in [-0.39, 0.29) is 34.6 Å². The minimum Gasteiger partial charge on any atom is -0.508 e. The molecule has 0 spiro atoms. The van der Waals surface area contributed by atoms with Crippen molar-refractivity contribution in [1.29, 1.82) is 0 Å². The number of aliphatic carboxylic acids is 2. The molecule has 0 bridgehead atoms. The number of rotatable bonds is 7. The summed E-state index contributed by atoms with van der Waals surface area (Å²) in [5, 5.41) is 67.2. The predicted molar refractivity (Wildman–Crippen MR) is 152 cm³/mol. The highest BCUT2D eigenvalue weighted by Crippen LogP contribution is 2.32. The summed E-state index contributed by atoms with van der Waals surface area (Å²) >= 11 is 0. The minimum atomic E-state index is -1.26. The maximum absolute atomic E-state index is 10.3. The van der Waals surface area contributed by atoms with Gasteiger partial charge in [-0.25, -0.2) is 19.2 Å². The lowest BCUT2D eigenvalue weighted by Crippen LogP contribution is -2.18. The van der Waals surface area contributed by atoms with Gasteiger partial charge >= 0.3 is 23.9 Å². The molecule has 0 saturated carbocycles. The molecule has 0 heterocycles. The molecule has 0 aliphatic rings. The summed E-state index contributed by atoms with van der Waals surface area (Å²) in [6.07, 6.45) is 0.556. The standard InChI is InChI=1S/C15H16O2.C8H6O4.C4H4O4.C3H8O2/c1-15(2,11-3-7-13(16)8-4-11)12-5-9-14(17)10-6-12;9-7(10)5-1-2-6(4-3-5)8(11)12;5-3(6)1-2-4(7)8;1-3(5)2-4/h3-10,16-17H,1-2H3;1-4H,(H,9,10)(H,11,12);1-2H,(H,5,6)(H,7,8);3-5H,2H2,1H3/b;;2-1+;. The van der Waals surface area contributed by atoms with E-state index in [1.807, 2.05) is 24.3 Å². The Kier molecular flexibility index (Phi) is 16.0. The molecular weight excluding hydrogens is 552 g/mol. The average molecular weight is 587 g/mol. The fourth-order valence-electron chi connectivity index (χ4n) is 2.82. The highest BCUT2D eigenvalue weighted by atomic mass is 16.4. The first kappa shape index (κ1) is 36.8. The van der Waals surface area contributed by atoms with E-state index in [2.05, 4.69) is 13.8 Å². The molecule has 0 amide bonds. The third-order valence-corrected chi connectivity index (χ3v) is 5.19. The van der Waals surface area contributed by atoms with Crippen molar-refractivity contribution in [2.75, 3.05) is 6.61 Å². The quantitative estimate of drug-likeness (QED) is 0.186. The minimum absolute atomic E-state index is 0.0833. The Balaban J connectivity index is 0.000000588. The average Bonchev–Trinajstić information content (AvgIpc) is 2.93. The smallest absolute Gasteiger partial charge is 0.335 e. The monoisotopic (exact) mass is 586 g/mol. The molecule has 12 heteroatoms. The van der Waals surface area contributed by atoms with Gasteiger partial charge in [0.25, 0.3) is 0 Å². The maximum Gasteiger partial charge on any atom is 0.335 e. The van der Waals surface area contributed by atoms with Gasteiger partial charge in [-0.15, -0.1) is 0 Å². The van der Waals surface area contributed by atoms with E-state index in [1.54, 1.807) is 24.3 Å². The number of hydrogen-bond donors (Lipinski definition) is 8. The lowest BCUT2D eigenvalue weighted by molar-refractivity contribution is -0.134. The Morgan fingerprint density at radius 2 is 0.905 bits per heavy atom. The van der Waals surface area contributed by atoms with Crippen LogP contribution in [0.4, 0.5) is 0 Å². The second-order valence-electron chi connectivity index (χ2n) is 8.95. The number of phenols is 2. The van der Waals surface area contributed by atoms with E-state index in [0.717, 1.165) is 11.1 Å². The van der Waals surface area contributed by atoms with Crippen LogP contribution < -0.4 is 0 Å². The first-order chi connectivity index (χ1) is 19.5. The summed E-state index contributed by atoms with van der Waals surface area (Å²) in [5.41, 5.74) is 2.27. The van der Waals surface area contributed by atoms with Crippen LogP contribution in [0.1, 0.15) is 52.6 Å². The number of carbonyl (C=O) groups is 4. The van der Waals surface area contributed by atoms with Crippen LogP contribution in [0.2, 0.25) is 0 Å². The summed E-state index contributed by atoms with van der Waals surface area (Å²) in [6, 6.07) is 19.5.